The Balaban J connectivity index is 2.24. The van der Waals surface area contributed by atoms with Crippen molar-refractivity contribution in [3.63, 3.8) is 0 Å². The van der Waals surface area contributed by atoms with Crippen molar-refractivity contribution >= 4 is 41.2 Å². The Morgan fingerprint density at radius 1 is 1.30 bits per heavy atom. The van der Waals surface area contributed by atoms with E-state index in [0.717, 1.165) is 5.56 Å². The SMILES string of the molecule is CSc1nnc(C)n1/N=C\c1cc(Cl)c(OCC(C)C)c(Cl)c1. The van der Waals surface area contributed by atoms with Crippen LogP contribution < -0.4 is 4.74 Å². The molecule has 124 valence electrons. The summed E-state index contributed by atoms with van der Waals surface area (Å²) in [6.07, 6.45) is 3.59. The van der Waals surface area contributed by atoms with Crippen LogP contribution >= 0.6 is 35.0 Å². The van der Waals surface area contributed by atoms with Gasteiger partial charge in [0.25, 0.3) is 0 Å². The van der Waals surface area contributed by atoms with Crippen molar-refractivity contribution in [2.45, 2.75) is 25.9 Å². The van der Waals surface area contributed by atoms with E-state index in [1.807, 2.05) is 13.2 Å². The average Bonchev–Trinajstić information content (AvgIpc) is 2.84. The molecule has 0 aliphatic carbocycles. The van der Waals surface area contributed by atoms with Gasteiger partial charge < -0.3 is 4.74 Å². The summed E-state index contributed by atoms with van der Waals surface area (Å²) in [5.41, 5.74) is 0.775. The number of rotatable bonds is 6. The van der Waals surface area contributed by atoms with Gasteiger partial charge in [-0.05, 0) is 36.8 Å². The summed E-state index contributed by atoms with van der Waals surface area (Å²) in [6.45, 7) is 6.53. The van der Waals surface area contributed by atoms with Gasteiger partial charge in [0.1, 0.15) is 0 Å². The van der Waals surface area contributed by atoms with Gasteiger partial charge in [-0.25, -0.2) is 0 Å². The van der Waals surface area contributed by atoms with Crippen LogP contribution in [-0.2, 0) is 0 Å². The Kier molecular flexibility index (Phi) is 6.33. The maximum atomic E-state index is 6.26. The zero-order chi connectivity index (χ0) is 17.0. The minimum absolute atomic E-state index is 0.394. The van der Waals surface area contributed by atoms with Gasteiger partial charge in [-0.15, -0.1) is 10.2 Å². The Labute approximate surface area is 150 Å². The number of aryl methyl sites for hydroxylation is 1. The molecule has 0 saturated carbocycles. The summed E-state index contributed by atoms with van der Waals surface area (Å²) in [5.74, 6) is 1.61. The number of ether oxygens (including phenoxy) is 1. The summed E-state index contributed by atoms with van der Waals surface area (Å²) in [4.78, 5) is 0. The number of nitrogens with zero attached hydrogens (tertiary/aromatic N) is 4. The van der Waals surface area contributed by atoms with E-state index in [-0.39, 0.29) is 0 Å². The van der Waals surface area contributed by atoms with Crippen LogP contribution in [-0.4, -0.2) is 34.0 Å². The molecule has 23 heavy (non-hydrogen) atoms. The van der Waals surface area contributed by atoms with Crippen molar-refractivity contribution in [3.8, 4) is 5.75 Å². The molecule has 0 N–H and O–H groups in total. The maximum absolute atomic E-state index is 6.26. The predicted octanol–water partition coefficient (Wildman–Crippen LogP) is 4.53. The molecule has 8 heteroatoms. The van der Waals surface area contributed by atoms with Crippen LogP contribution in [0.3, 0.4) is 0 Å². The first-order valence-corrected chi connectivity index (χ1v) is 9.02. The normalized spacial score (nSPS) is 11.6. The van der Waals surface area contributed by atoms with Crippen LogP contribution in [0.1, 0.15) is 25.2 Å². The van der Waals surface area contributed by atoms with Crippen LogP contribution in [0, 0.1) is 12.8 Å². The lowest BCUT2D eigenvalue weighted by Crippen LogP contribution is -2.05. The van der Waals surface area contributed by atoms with Gasteiger partial charge in [0, 0.05) is 0 Å². The highest BCUT2D eigenvalue weighted by molar-refractivity contribution is 7.98. The third kappa shape index (κ3) is 4.62. The molecule has 0 aliphatic heterocycles. The van der Waals surface area contributed by atoms with E-state index >= 15 is 0 Å². The van der Waals surface area contributed by atoms with Crippen LogP contribution in [0.5, 0.6) is 5.75 Å². The Bertz CT molecular complexity index is 692. The van der Waals surface area contributed by atoms with Gasteiger partial charge >= 0.3 is 0 Å². The van der Waals surface area contributed by atoms with Gasteiger partial charge in [-0.3, -0.25) is 0 Å². The fourth-order valence-corrected chi connectivity index (χ4v) is 2.85. The molecule has 0 atom stereocenters. The minimum atomic E-state index is 0.394. The summed E-state index contributed by atoms with van der Waals surface area (Å²) in [7, 11) is 0. The van der Waals surface area contributed by atoms with E-state index in [1.54, 1.807) is 23.0 Å². The zero-order valence-electron chi connectivity index (χ0n) is 13.4. The van der Waals surface area contributed by atoms with Gasteiger partial charge in [-0.1, -0.05) is 48.8 Å². The van der Waals surface area contributed by atoms with Crippen molar-refractivity contribution < 1.29 is 4.74 Å². The number of benzene rings is 1. The van der Waals surface area contributed by atoms with E-state index in [4.69, 9.17) is 27.9 Å². The van der Waals surface area contributed by atoms with Crippen LogP contribution in [0.25, 0.3) is 0 Å². The van der Waals surface area contributed by atoms with Crippen molar-refractivity contribution in [3.05, 3.63) is 33.6 Å². The Hall–Kier alpha value is -1.24. The number of hydrogen-bond donors (Lipinski definition) is 0. The molecule has 0 aliphatic rings. The van der Waals surface area contributed by atoms with E-state index in [0.29, 0.717) is 39.3 Å². The molecule has 1 heterocycles. The van der Waals surface area contributed by atoms with E-state index < -0.39 is 0 Å². The molecule has 0 unspecified atom stereocenters. The first-order chi connectivity index (χ1) is 10.9. The topological polar surface area (TPSA) is 52.3 Å². The summed E-state index contributed by atoms with van der Waals surface area (Å²) in [5, 5.41) is 14.0. The predicted molar refractivity (Wildman–Crippen MR) is 96.3 cm³/mol. The van der Waals surface area contributed by atoms with Crippen molar-refractivity contribution in [1.82, 2.24) is 14.9 Å². The highest BCUT2D eigenvalue weighted by atomic mass is 35.5. The number of thioether (sulfide) groups is 1. The molecule has 1 aromatic carbocycles. The molecular formula is C15H18Cl2N4OS. The van der Waals surface area contributed by atoms with E-state index in [2.05, 4.69) is 29.1 Å². The minimum Gasteiger partial charge on any atom is -0.490 e. The quantitative estimate of drug-likeness (QED) is 0.551. The smallest absolute Gasteiger partial charge is 0.211 e. The molecular weight excluding hydrogens is 355 g/mol. The largest absolute Gasteiger partial charge is 0.490 e. The second kappa shape index (κ2) is 8.04. The lowest BCUT2D eigenvalue weighted by atomic mass is 10.2. The number of aromatic nitrogens is 3. The second-order valence-corrected chi connectivity index (χ2v) is 6.90. The monoisotopic (exact) mass is 372 g/mol. The fraction of sp³-hybridized carbons (Fsp3) is 0.400. The zero-order valence-corrected chi connectivity index (χ0v) is 15.7. The van der Waals surface area contributed by atoms with Gasteiger partial charge in [-0.2, -0.15) is 9.78 Å². The molecule has 0 bridgehead atoms. The highest BCUT2D eigenvalue weighted by Crippen LogP contribution is 2.34. The molecule has 0 radical (unpaired) electrons. The molecule has 0 saturated heterocycles. The van der Waals surface area contributed by atoms with Crippen LogP contribution in [0.2, 0.25) is 10.0 Å². The van der Waals surface area contributed by atoms with E-state index in [1.165, 1.54) is 11.8 Å². The molecule has 0 amide bonds. The Morgan fingerprint density at radius 3 is 2.52 bits per heavy atom. The summed E-state index contributed by atoms with van der Waals surface area (Å²) < 4.78 is 7.32. The second-order valence-electron chi connectivity index (χ2n) is 5.31. The molecule has 1 aromatic heterocycles. The van der Waals surface area contributed by atoms with Gasteiger partial charge in [0.15, 0.2) is 11.6 Å². The number of hydrogen-bond acceptors (Lipinski definition) is 5. The van der Waals surface area contributed by atoms with Crippen LogP contribution in [0.4, 0.5) is 0 Å². The fourth-order valence-electron chi connectivity index (χ4n) is 1.76. The molecule has 0 spiro atoms. The molecule has 2 aromatic rings. The first-order valence-electron chi connectivity index (χ1n) is 7.04. The lowest BCUT2D eigenvalue weighted by Gasteiger charge is -2.12. The highest BCUT2D eigenvalue weighted by Gasteiger charge is 2.11. The molecule has 2 rings (SSSR count). The van der Waals surface area contributed by atoms with Crippen LogP contribution in [0.15, 0.2) is 22.4 Å². The number of halogens is 2. The lowest BCUT2D eigenvalue weighted by molar-refractivity contribution is 0.271. The van der Waals surface area contributed by atoms with Gasteiger partial charge in [0.05, 0.1) is 22.9 Å². The summed E-state index contributed by atoms with van der Waals surface area (Å²) in [6, 6.07) is 3.54. The maximum Gasteiger partial charge on any atom is 0.211 e. The standard InChI is InChI=1S/C15H18Cl2N4OS/c1-9(2)8-22-14-12(16)5-11(6-13(14)17)7-18-21-10(3)19-20-15(21)23-4/h5-7,9H,8H2,1-4H3/b18-7-. The molecule has 5 nitrogen and oxygen atoms in total. The third-order valence-corrected chi connectivity index (χ3v) is 4.04. The van der Waals surface area contributed by atoms with Crippen molar-refractivity contribution in [2.24, 2.45) is 11.0 Å². The first kappa shape index (κ1) is 18.1. The molecule has 0 fully saturated rings. The third-order valence-electron chi connectivity index (χ3n) is 2.85. The van der Waals surface area contributed by atoms with Crippen molar-refractivity contribution in [1.29, 1.82) is 0 Å². The van der Waals surface area contributed by atoms with Crippen molar-refractivity contribution in [2.75, 3.05) is 12.9 Å². The average molecular weight is 373 g/mol. The van der Waals surface area contributed by atoms with E-state index in [9.17, 15) is 0 Å². The van der Waals surface area contributed by atoms with Gasteiger partial charge in [0.2, 0.25) is 5.16 Å². The Morgan fingerprint density at radius 2 is 1.96 bits per heavy atom. The summed E-state index contributed by atoms with van der Waals surface area (Å²) >= 11 is 14.0.